The Morgan fingerprint density at radius 2 is 1.93 bits per heavy atom. The summed E-state index contributed by atoms with van der Waals surface area (Å²) in [5, 5.41) is 12.6. The molecule has 0 unspecified atom stereocenters. The third-order valence-electron chi connectivity index (χ3n) is 4.23. The van der Waals surface area contributed by atoms with Crippen molar-refractivity contribution in [3.05, 3.63) is 88.2 Å². The molecule has 150 valence electrons. The number of halogens is 2. The first-order chi connectivity index (χ1) is 14.0. The minimum absolute atomic E-state index is 0.0162. The van der Waals surface area contributed by atoms with Crippen molar-refractivity contribution in [3.63, 3.8) is 0 Å². The van der Waals surface area contributed by atoms with E-state index in [2.05, 4.69) is 5.32 Å². The minimum Gasteiger partial charge on any atom is -0.493 e. The second kappa shape index (κ2) is 9.30. The first-order valence-corrected chi connectivity index (χ1v) is 9.15. The summed E-state index contributed by atoms with van der Waals surface area (Å²) in [6.45, 7) is 0.412. The van der Waals surface area contributed by atoms with Gasteiger partial charge in [-0.25, -0.2) is 9.18 Å². The largest absolute Gasteiger partial charge is 0.493 e. The molecule has 0 heterocycles. The molecule has 0 saturated carbocycles. The molecule has 0 saturated heterocycles. The lowest BCUT2D eigenvalue weighted by atomic mass is 10.1. The summed E-state index contributed by atoms with van der Waals surface area (Å²) in [7, 11) is 1.50. The zero-order chi connectivity index (χ0) is 20.8. The fourth-order valence-electron chi connectivity index (χ4n) is 2.75. The average Bonchev–Trinajstić information content (AvgIpc) is 2.72. The summed E-state index contributed by atoms with van der Waals surface area (Å²) in [6, 6.07) is 16.3. The van der Waals surface area contributed by atoms with E-state index in [0.717, 1.165) is 5.56 Å². The van der Waals surface area contributed by atoms with Crippen molar-refractivity contribution in [2.45, 2.75) is 13.2 Å². The highest BCUT2D eigenvalue weighted by molar-refractivity contribution is 6.32. The van der Waals surface area contributed by atoms with Crippen molar-refractivity contribution in [2.75, 3.05) is 12.4 Å². The van der Waals surface area contributed by atoms with E-state index in [1.165, 1.54) is 19.2 Å². The van der Waals surface area contributed by atoms with E-state index in [9.17, 15) is 9.18 Å². The predicted octanol–water partition coefficient (Wildman–Crippen LogP) is 5.38. The van der Waals surface area contributed by atoms with Crippen LogP contribution in [-0.4, -0.2) is 18.2 Å². The molecule has 3 aromatic carbocycles. The van der Waals surface area contributed by atoms with Crippen LogP contribution < -0.4 is 14.8 Å². The molecule has 5 nitrogen and oxygen atoms in total. The summed E-state index contributed by atoms with van der Waals surface area (Å²) in [5.41, 5.74) is 2.09. The number of rotatable bonds is 8. The van der Waals surface area contributed by atoms with Gasteiger partial charge in [0.2, 0.25) is 0 Å². The summed E-state index contributed by atoms with van der Waals surface area (Å²) >= 11 is 6.36. The molecule has 0 atom stereocenters. The van der Waals surface area contributed by atoms with Gasteiger partial charge in [0.25, 0.3) is 0 Å². The molecule has 0 aliphatic carbocycles. The lowest BCUT2D eigenvalue weighted by Crippen LogP contribution is -2.04. The lowest BCUT2D eigenvalue weighted by Gasteiger charge is -2.15. The molecule has 0 bridgehead atoms. The molecule has 3 aromatic rings. The number of nitrogens with one attached hydrogen (secondary N) is 1. The molecule has 0 fully saturated rings. The molecule has 0 radical (unpaired) electrons. The molecule has 29 heavy (non-hydrogen) atoms. The van der Waals surface area contributed by atoms with Gasteiger partial charge in [0, 0.05) is 17.8 Å². The number of ether oxygens (including phenoxy) is 2. The van der Waals surface area contributed by atoms with Crippen molar-refractivity contribution < 1.29 is 23.8 Å². The van der Waals surface area contributed by atoms with E-state index in [1.807, 2.05) is 0 Å². The van der Waals surface area contributed by atoms with Crippen LogP contribution in [-0.2, 0) is 13.2 Å². The summed E-state index contributed by atoms with van der Waals surface area (Å²) in [4.78, 5) is 11.1. The van der Waals surface area contributed by atoms with Gasteiger partial charge in [0.15, 0.2) is 11.5 Å². The number of anilines is 1. The number of benzene rings is 3. The van der Waals surface area contributed by atoms with Crippen molar-refractivity contribution >= 4 is 23.3 Å². The van der Waals surface area contributed by atoms with Gasteiger partial charge in [-0.3, -0.25) is 0 Å². The van der Waals surface area contributed by atoms with Gasteiger partial charge in [-0.15, -0.1) is 0 Å². The van der Waals surface area contributed by atoms with Gasteiger partial charge < -0.3 is 19.9 Å². The fraction of sp³-hybridized carbons (Fsp3) is 0.136. The molecule has 0 spiro atoms. The number of hydrogen-bond donors (Lipinski definition) is 2. The smallest absolute Gasteiger partial charge is 0.335 e. The van der Waals surface area contributed by atoms with Crippen LogP contribution in [0.3, 0.4) is 0 Å². The quantitative estimate of drug-likeness (QED) is 0.517. The highest BCUT2D eigenvalue weighted by Crippen LogP contribution is 2.37. The second-order valence-electron chi connectivity index (χ2n) is 6.23. The molecular weight excluding hydrogens is 397 g/mol. The van der Waals surface area contributed by atoms with Crippen molar-refractivity contribution in [3.8, 4) is 11.5 Å². The van der Waals surface area contributed by atoms with E-state index < -0.39 is 5.97 Å². The average molecular weight is 416 g/mol. The topological polar surface area (TPSA) is 67.8 Å². The Bertz CT molecular complexity index is 1030. The van der Waals surface area contributed by atoms with Crippen LogP contribution in [0.5, 0.6) is 11.5 Å². The van der Waals surface area contributed by atoms with Crippen molar-refractivity contribution in [2.24, 2.45) is 0 Å². The predicted molar refractivity (Wildman–Crippen MR) is 109 cm³/mol. The molecule has 2 N–H and O–H groups in total. The number of carboxylic acid groups (broad SMARTS) is 1. The van der Waals surface area contributed by atoms with Crippen LogP contribution in [0.2, 0.25) is 5.02 Å². The van der Waals surface area contributed by atoms with Gasteiger partial charge in [0.1, 0.15) is 12.4 Å². The first kappa shape index (κ1) is 20.5. The maximum absolute atomic E-state index is 13.8. The Kier molecular flexibility index (Phi) is 6.57. The van der Waals surface area contributed by atoms with E-state index >= 15 is 0 Å². The molecule has 7 heteroatoms. The van der Waals surface area contributed by atoms with E-state index in [4.69, 9.17) is 26.2 Å². The second-order valence-corrected chi connectivity index (χ2v) is 6.64. The monoisotopic (exact) mass is 415 g/mol. The molecule has 0 aliphatic heterocycles. The Morgan fingerprint density at radius 3 is 2.66 bits per heavy atom. The summed E-state index contributed by atoms with van der Waals surface area (Å²) in [6.07, 6.45) is 0. The molecule has 0 aromatic heterocycles. The van der Waals surface area contributed by atoms with Crippen molar-refractivity contribution in [1.29, 1.82) is 0 Å². The standard InChI is InChI=1S/C22H19ClFNO4/c1-28-20-10-14(12-25-17-7-4-6-15(11-17)22(26)27)9-18(23)21(20)29-13-16-5-2-3-8-19(16)24/h2-11,25H,12-13H2,1H3,(H,26,27). The number of carboxylic acids is 1. The highest BCUT2D eigenvalue weighted by Gasteiger charge is 2.13. The van der Waals surface area contributed by atoms with Crippen LogP contribution in [0.1, 0.15) is 21.5 Å². The van der Waals surface area contributed by atoms with Gasteiger partial charge in [-0.2, -0.15) is 0 Å². The zero-order valence-electron chi connectivity index (χ0n) is 15.6. The number of methoxy groups -OCH3 is 1. The number of carbonyl (C=O) groups is 1. The Morgan fingerprint density at radius 1 is 1.14 bits per heavy atom. The van der Waals surface area contributed by atoms with Gasteiger partial charge >= 0.3 is 5.97 Å². The van der Waals surface area contributed by atoms with E-state index in [-0.39, 0.29) is 18.0 Å². The maximum atomic E-state index is 13.8. The zero-order valence-corrected chi connectivity index (χ0v) is 16.4. The third-order valence-corrected chi connectivity index (χ3v) is 4.51. The molecular formula is C22H19ClFNO4. The maximum Gasteiger partial charge on any atom is 0.335 e. The van der Waals surface area contributed by atoms with Crippen LogP contribution in [0.25, 0.3) is 0 Å². The summed E-state index contributed by atoms with van der Waals surface area (Å²) in [5.74, 6) is -0.597. The van der Waals surface area contributed by atoms with Crippen LogP contribution >= 0.6 is 11.6 Å². The Hall–Kier alpha value is -3.25. The Labute approximate surface area is 172 Å². The van der Waals surface area contributed by atoms with E-state index in [1.54, 1.807) is 48.5 Å². The number of hydrogen-bond acceptors (Lipinski definition) is 4. The lowest BCUT2D eigenvalue weighted by molar-refractivity contribution is 0.0697. The molecule has 0 aliphatic rings. The third kappa shape index (κ3) is 5.18. The van der Waals surface area contributed by atoms with Crippen LogP contribution in [0.15, 0.2) is 60.7 Å². The van der Waals surface area contributed by atoms with Gasteiger partial charge in [0.05, 0.1) is 17.7 Å². The van der Waals surface area contributed by atoms with Crippen LogP contribution in [0, 0.1) is 5.82 Å². The Balaban J connectivity index is 1.73. The minimum atomic E-state index is -0.991. The molecule has 3 rings (SSSR count). The molecule has 0 amide bonds. The fourth-order valence-corrected chi connectivity index (χ4v) is 3.03. The first-order valence-electron chi connectivity index (χ1n) is 8.77. The normalized spacial score (nSPS) is 10.4. The van der Waals surface area contributed by atoms with Gasteiger partial charge in [-0.1, -0.05) is 35.9 Å². The van der Waals surface area contributed by atoms with E-state index in [0.29, 0.717) is 34.3 Å². The van der Waals surface area contributed by atoms with Gasteiger partial charge in [-0.05, 0) is 42.0 Å². The number of aromatic carboxylic acids is 1. The van der Waals surface area contributed by atoms with Crippen LogP contribution in [0.4, 0.5) is 10.1 Å². The van der Waals surface area contributed by atoms with Crippen molar-refractivity contribution in [1.82, 2.24) is 0 Å². The highest BCUT2D eigenvalue weighted by atomic mass is 35.5. The summed E-state index contributed by atoms with van der Waals surface area (Å²) < 4.78 is 24.9. The SMILES string of the molecule is COc1cc(CNc2cccc(C(=O)O)c2)cc(Cl)c1OCc1ccccc1F.